The number of hydrogen-bond acceptors (Lipinski definition) is 4. The Morgan fingerprint density at radius 3 is 2.75 bits per heavy atom. The van der Waals surface area contributed by atoms with Crippen molar-refractivity contribution in [1.29, 1.82) is 0 Å². The van der Waals surface area contributed by atoms with Crippen molar-refractivity contribution >= 4 is 17.5 Å². The maximum Gasteiger partial charge on any atom is 0.251 e. The standard InChI is InChI=1S/C21H21N5O2/c1-13-9-14(2)26(25-13)19-7-3-15(11-22-19)12-23-21(28)17-4-6-18-16(10-17)5-8-20(27)24-18/h3-4,6-7,9-11H,5,8,12H2,1-2H3,(H,23,28)(H,24,27). The number of nitrogens with zero attached hydrogens (tertiary/aromatic N) is 3. The topological polar surface area (TPSA) is 88.9 Å². The van der Waals surface area contributed by atoms with Gasteiger partial charge in [-0.15, -0.1) is 0 Å². The van der Waals surface area contributed by atoms with Gasteiger partial charge in [-0.25, -0.2) is 9.67 Å². The van der Waals surface area contributed by atoms with E-state index in [-0.39, 0.29) is 11.8 Å². The predicted molar refractivity (Wildman–Crippen MR) is 105 cm³/mol. The molecule has 2 aromatic heterocycles. The Balaban J connectivity index is 1.41. The van der Waals surface area contributed by atoms with Crippen LogP contribution in [0, 0.1) is 13.8 Å². The normalized spacial score (nSPS) is 13.0. The highest BCUT2D eigenvalue weighted by atomic mass is 16.2. The van der Waals surface area contributed by atoms with E-state index < -0.39 is 0 Å². The van der Waals surface area contributed by atoms with Crippen LogP contribution in [0.5, 0.6) is 0 Å². The van der Waals surface area contributed by atoms with Gasteiger partial charge in [-0.2, -0.15) is 5.10 Å². The van der Waals surface area contributed by atoms with Crippen LogP contribution in [0.1, 0.15) is 39.3 Å². The van der Waals surface area contributed by atoms with Crippen molar-refractivity contribution in [3.8, 4) is 5.82 Å². The van der Waals surface area contributed by atoms with E-state index in [1.54, 1.807) is 23.0 Å². The van der Waals surface area contributed by atoms with Crippen LogP contribution in [0.25, 0.3) is 5.82 Å². The van der Waals surface area contributed by atoms with Crippen LogP contribution in [-0.2, 0) is 17.8 Å². The molecular weight excluding hydrogens is 354 g/mol. The highest BCUT2D eigenvalue weighted by Gasteiger charge is 2.16. The Hall–Kier alpha value is -3.48. The second-order valence-corrected chi connectivity index (χ2v) is 6.97. The summed E-state index contributed by atoms with van der Waals surface area (Å²) in [7, 11) is 0. The molecule has 0 saturated carbocycles. The van der Waals surface area contributed by atoms with Gasteiger partial charge in [0.05, 0.1) is 5.69 Å². The SMILES string of the molecule is Cc1cc(C)n(-c2ccc(CNC(=O)c3ccc4c(c3)CCC(=O)N4)cn2)n1. The molecule has 1 aliphatic rings. The van der Waals surface area contributed by atoms with Gasteiger partial charge in [0, 0.05) is 36.1 Å². The highest BCUT2D eigenvalue weighted by Crippen LogP contribution is 2.23. The number of benzene rings is 1. The molecule has 2 N–H and O–H groups in total. The summed E-state index contributed by atoms with van der Waals surface area (Å²) in [5.41, 5.74) is 5.24. The Morgan fingerprint density at radius 2 is 2.04 bits per heavy atom. The fraction of sp³-hybridized carbons (Fsp3) is 0.238. The maximum absolute atomic E-state index is 12.5. The molecule has 28 heavy (non-hydrogen) atoms. The summed E-state index contributed by atoms with van der Waals surface area (Å²) in [5, 5.41) is 10.2. The van der Waals surface area contributed by atoms with Gasteiger partial charge in [-0.1, -0.05) is 6.07 Å². The third-order valence-corrected chi connectivity index (χ3v) is 4.75. The molecule has 0 saturated heterocycles. The molecule has 3 aromatic rings. The zero-order valence-electron chi connectivity index (χ0n) is 15.8. The lowest BCUT2D eigenvalue weighted by Gasteiger charge is -2.17. The molecule has 1 aliphatic heterocycles. The Labute approximate surface area is 162 Å². The van der Waals surface area contributed by atoms with Crippen LogP contribution in [0.3, 0.4) is 0 Å². The van der Waals surface area contributed by atoms with Gasteiger partial charge in [0.1, 0.15) is 0 Å². The highest BCUT2D eigenvalue weighted by molar-refractivity contribution is 5.97. The summed E-state index contributed by atoms with van der Waals surface area (Å²) < 4.78 is 1.80. The Morgan fingerprint density at radius 1 is 1.18 bits per heavy atom. The number of pyridine rings is 1. The Bertz CT molecular complexity index is 1050. The first-order chi connectivity index (χ1) is 13.5. The van der Waals surface area contributed by atoms with Crippen LogP contribution in [0.4, 0.5) is 5.69 Å². The number of fused-ring (bicyclic) bond motifs is 1. The molecule has 3 heterocycles. The van der Waals surface area contributed by atoms with Crippen LogP contribution in [0.2, 0.25) is 0 Å². The molecule has 0 atom stereocenters. The number of rotatable bonds is 4. The van der Waals surface area contributed by atoms with E-state index in [4.69, 9.17) is 0 Å². The van der Waals surface area contributed by atoms with Gasteiger partial charge in [0.15, 0.2) is 5.82 Å². The third-order valence-electron chi connectivity index (χ3n) is 4.75. The van der Waals surface area contributed by atoms with Crippen LogP contribution in [0.15, 0.2) is 42.6 Å². The number of carbonyl (C=O) groups is 2. The molecule has 0 aliphatic carbocycles. The molecule has 0 fully saturated rings. The van der Waals surface area contributed by atoms with Gasteiger partial charge >= 0.3 is 0 Å². The van der Waals surface area contributed by atoms with Crippen molar-refractivity contribution in [2.45, 2.75) is 33.2 Å². The zero-order valence-corrected chi connectivity index (χ0v) is 15.8. The number of carbonyl (C=O) groups excluding carboxylic acids is 2. The number of aromatic nitrogens is 3. The second kappa shape index (κ2) is 7.26. The first-order valence-electron chi connectivity index (χ1n) is 9.19. The summed E-state index contributed by atoms with van der Waals surface area (Å²) in [6.45, 7) is 4.32. The number of hydrogen-bond donors (Lipinski definition) is 2. The fourth-order valence-corrected chi connectivity index (χ4v) is 3.32. The Kier molecular flexibility index (Phi) is 4.65. The van der Waals surface area contributed by atoms with Crippen LogP contribution >= 0.6 is 0 Å². The van der Waals surface area contributed by atoms with Gasteiger partial charge in [0.2, 0.25) is 5.91 Å². The summed E-state index contributed by atoms with van der Waals surface area (Å²) in [4.78, 5) is 28.4. The van der Waals surface area contributed by atoms with Gasteiger partial charge in [0.25, 0.3) is 5.91 Å². The molecule has 7 heteroatoms. The molecule has 7 nitrogen and oxygen atoms in total. The average molecular weight is 375 g/mol. The number of aryl methyl sites for hydroxylation is 3. The summed E-state index contributed by atoms with van der Waals surface area (Å²) in [6.07, 6.45) is 2.85. The lowest BCUT2D eigenvalue weighted by Crippen LogP contribution is -2.24. The number of nitrogens with one attached hydrogen (secondary N) is 2. The first-order valence-corrected chi connectivity index (χ1v) is 9.19. The predicted octanol–water partition coefficient (Wildman–Crippen LogP) is 2.70. The lowest BCUT2D eigenvalue weighted by atomic mass is 10.00. The fourth-order valence-electron chi connectivity index (χ4n) is 3.32. The van der Waals surface area contributed by atoms with Gasteiger partial charge in [-0.3, -0.25) is 9.59 Å². The molecule has 4 rings (SSSR count). The van der Waals surface area contributed by atoms with E-state index in [1.165, 1.54) is 0 Å². The number of amides is 2. The molecular formula is C21H21N5O2. The third kappa shape index (κ3) is 3.64. The van der Waals surface area contributed by atoms with E-state index >= 15 is 0 Å². The van der Waals surface area contributed by atoms with Crippen molar-refractivity contribution in [1.82, 2.24) is 20.1 Å². The van der Waals surface area contributed by atoms with E-state index in [9.17, 15) is 9.59 Å². The molecule has 0 bridgehead atoms. The van der Waals surface area contributed by atoms with Crippen molar-refractivity contribution < 1.29 is 9.59 Å². The molecule has 0 spiro atoms. The molecule has 0 radical (unpaired) electrons. The zero-order chi connectivity index (χ0) is 19.7. The maximum atomic E-state index is 12.5. The summed E-state index contributed by atoms with van der Waals surface area (Å²) in [5.74, 6) is 0.612. The minimum absolute atomic E-state index is 0.0149. The quantitative estimate of drug-likeness (QED) is 0.734. The summed E-state index contributed by atoms with van der Waals surface area (Å²) in [6, 6.07) is 11.2. The monoisotopic (exact) mass is 375 g/mol. The summed E-state index contributed by atoms with van der Waals surface area (Å²) >= 11 is 0. The lowest BCUT2D eigenvalue weighted by molar-refractivity contribution is -0.116. The van der Waals surface area contributed by atoms with Crippen molar-refractivity contribution in [3.63, 3.8) is 0 Å². The van der Waals surface area contributed by atoms with Crippen molar-refractivity contribution in [3.05, 3.63) is 70.7 Å². The minimum Gasteiger partial charge on any atom is -0.348 e. The first kappa shape index (κ1) is 17.9. The molecule has 0 unspecified atom stereocenters. The van der Waals surface area contributed by atoms with Crippen molar-refractivity contribution in [2.75, 3.05) is 5.32 Å². The molecule has 2 amide bonds. The van der Waals surface area contributed by atoms with E-state index in [0.29, 0.717) is 24.9 Å². The van der Waals surface area contributed by atoms with Crippen LogP contribution in [-0.4, -0.2) is 26.6 Å². The van der Waals surface area contributed by atoms with Crippen molar-refractivity contribution in [2.24, 2.45) is 0 Å². The average Bonchev–Trinajstić information content (AvgIpc) is 3.04. The smallest absolute Gasteiger partial charge is 0.251 e. The number of anilines is 1. The van der Waals surface area contributed by atoms with E-state index in [0.717, 1.165) is 34.0 Å². The van der Waals surface area contributed by atoms with E-state index in [2.05, 4.69) is 20.7 Å². The largest absolute Gasteiger partial charge is 0.348 e. The van der Waals surface area contributed by atoms with Crippen LogP contribution < -0.4 is 10.6 Å². The van der Waals surface area contributed by atoms with E-state index in [1.807, 2.05) is 38.1 Å². The molecule has 142 valence electrons. The molecule has 1 aromatic carbocycles. The minimum atomic E-state index is -0.151. The second-order valence-electron chi connectivity index (χ2n) is 6.97. The van der Waals surface area contributed by atoms with Gasteiger partial charge in [-0.05, 0) is 61.7 Å². The van der Waals surface area contributed by atoms with Gasteiger partial charge < -0.3 is 10.6 Å².